The SMILES string of the molecule is [2H]c1cc(-c2cccc(-c3c([2H])c([2H])c([2H])c([2H])c3[2H])c2-[n+]2[c-]n(-c3[c-]c(Oc4[c-]c5c(cc4)c4ccccc4n5-c4cc(C(C)(C)C)ccn4)ccc3)c3ccc(-c4ccccc4)cc32)c([2H])c([2H])c1[2H].[Pt]. The molecule has 3 aromatic heterocycles. The summed E-state index contributed by atoms with van der Waals surface area (Å²) in [6.07, 6.45) is 5.35. The molecule has 0 N–H and O–H groups in total. The average molecular weight is 1020 g/mol. The van der Waals surface area contributed by atoms with E-state index in [4.69, 9.17) is 22.1 Å². The van der Waals surface area contributed by atoms with Gasteiger partial charge in [-0.3, -0.25) is 4.57 Å². The number of nitrogens with zero attached hydrogens (tertiary/aromatic N) is 4. The van der Waals surface area contributed by atoms with Crippen molar-refractivity contribution in [3.05, 3.63) is 224 Å². The monoisotopic (exact) mass is 1010 g/mol. The van der Waals surface area contributed by atoms with Crippen LogP contribution in [-0.2, 0) is 26.5 Å². The maximum absolute atomic E-state index is 9.12. The molecule has 64 heavy (non-hydrogen) atoms. The van der Waals surface area contributed by atoms with Crippen molar-refractivity contribution in [2.45, 2.75) is 26.2 Å². The number of imidazole rings is 1. The predicted molar refractivity (Wildman–Crippen MR) is 255 cm³/mol. The Morgan fingerprint density at radius 2 is 1.33 bits per heavy atom. The molecule has 0 saturated heterocycles. The summed E-state index contributed by atoms with van der Waals surface area (Å²) in [6, 6.07) is 46.8. The predicted octanol–water partition coefficient (Wildman–Crippen LogP) is 13.9. The third-order valence-corrected chi connectivity index (χ3v) is 11.2. The number of benzene rings is 8. The van der Waals surface area contributed by atoms with Crippen molar-refractivity contribution < 1.29 is 42.7 Å². The van der Waals surface area contributed by atoms with Crippen LogP contribution < -0.4 is 9.30 Å². The second-order valence-corrected chi connectivity index (χ2v) is 16.2. The van der Waals surface area contributed by atoms with E-state index in [0.717, 1.165) is 44.3 Å². The molecule has 0 aliphatic carbocycles. The van der Waals surface area contributed by atoms with E-state index in [9.17, 15) is 0 Å². The van der Waals surface area contributed by atoms with Crippen molar-refractivity contribution in [1.82, 2.24) is 14.1 Å². The Kier molecular flexibility index (Phi) is 8.24. The van der Waals surface area contributed by atoms with Gasteiger partial charge in [-0.15, -0.1) is 29.7 Å². The van der Waals surface area contributed by atoms with E-state index in [-0.39, 0.29) is 60.9 Å². The molecule has 11 aromatic rings. The van der Waals surface area contributed by atoms with Gasteiger partial charge in [0.2, 0.25) is 0 Å². The number of hydrogen-bond acceptors (Lipinski definition) is 2. The van der Waals surface area contributed by atoms with Crippen molar-refractivity contribution in [2.24, 2.45) is 0 Å². The summed E-state index contributed by atoms with van der Waals surface area (Å²) >= 11 is 0. The summed E-state index contributed by atoms with van der Waals surface area (Å²) in [6.45, 7) is 6.52. The zero-order chi connectivity index (χ0) is 50.3. The van der Waals surface area contributed by atoms with Crippen molar-refractivity contribution in [2.75, 3.05) is 0 Å². The maximum atomic E-state index is 9.12. The van der Waals surface area contributed by atoms with Gasteiger partial charge in [-0.25, -0.2) is 4.98 Å². The molecule has 5 nitrogen and oxygen atoms in total. The molecule has 11 rings (SSSR count). The Labute approximate surface area is 400 Å². The first-order valence-corrected chi connectivity index (χ1v) is 20.6. The van der Waals surface area contributed by atoms with Gasteiger partial charge >= 0.3 is 0 Å². The summed E-state index contributed by atoms with van der Waals surface area (Å²) in [5.41, 5.74) is 7.15. The first kappa shape index (κ1) is 31.5. The largest absolute Gasteiger partial charge is 0.510 e. The van der Waals surface area contributed by atoms with Crippen molar-refractivity contribution in [1.29, 1.82) is 0 Å². The molecular formula is C58H42N4OPt-2. The molecule has 0 saturated carbocycles. The smallest absolute Gasteiger partial charge is 0.268 e. The molecule has 6 heteroatoms. The fraction of sp³-hybridized carbons (Fsp3) is 0.0690. The number of para-hydroxylation sites is 2. The zero-order valence-corrected chi connectivity index (χ0v) is 37.1. The van der Waals surface area contributed by atoms with Gasteiger partial charge < -0.3 is 13.9 Å². The van der Waals surface area contributed by atoms with E-state index < -0.39 is 42.3 Å². The first-order valence-electron chi connectivity index (χ1n) is 25.1. The minimum Gasteiger partial charge on any atom is -0.510 e. The zero-order valence-electron chi connectivity index (χ0n) is 43.9. The number of rotatable bonds is 8. The summed E-state index contributed by atoms with van der Waals surface area (Å²) in [5.74, 6) is 1.58. The Bertz CT molecular complexity index is 3990. The molecule has 0 amide bonds. The second-order valence-electron chi connectivity index (χ2n) is 16.2. The van der Waals surface area contributed by atoms with Gasteiger partial charge in [0.05, 0.1) is 29.1 Å². The van der Waals surface area contributed by atoms with E-state index in [1.807, 2.05) is 97.2 Å². The Morgan fingerprint density at radius 1 is 0.594 bits per heavy atom. The van der Waals surface area contributed by atoms with Crippen LogP contribution in [0.5, 0.6) is 11.5 Å². The standard InChI is InChI=1S/C58H42N4O.Pt/c1-58(2,3)44-33-34-59-56(36-44)62-52-28-14-13-25-50(52)51-31-30-47(38-54(51)62)63-46-24-15-23-45(37-46)60-39-61(55-35-43(29-32-53(55)60)40-17-7-4-8-18-40)57-48(41-19-9-5-10-20-41)26-16-27-49(57)42-21-11-6-12-22-42;/h4-36H,1-3H3;/q-2;/i5D,6D,9D,10D,11D,12D,19D,20D,21D;. The quantitative estimate of drug-likeness (QED) is 0.112. The van der Waals surface area contributed by atoms with E-state index in [1.165, 1.54) is 6.07 Å². The molecular weight excluding hydrogens is 964 g/mol. The summed E-state index contributed by atoms with van der Waals surface area (Å²) < 4.78 is 91.0. The summed E-state index contributed by atoms with van der Waals surface area (Å²) in [4.78, 5) is 4.82. The Hall–Kier alpha value is -7.33. The number of fused-ring (bicyclic) bond motifs is 4. The number of ether oxygens (including phenoxy) is 1. The molecule has 8 aromatic carbocycles. The van der Waals surface area contributed by atoms with Crippen molar-refractivity contribution in [3.63, 3.8) is 0 Å². The Balaban J connectivity index is 0.00000611. The van der Waals surface area contributed by atoms with Gasteiger partial charge in [0.1, 0.15) is 5.82 Å². The average Bonchev–Trinajstić information content (AvgIpc) is 3.93. The molecule has 312 valence electrons. The molecule has 0 atom stereocenters. The van der Waals surface area contributed by atoms with Crippen LogP contribution in [0.25, 0.3) is 83.4 Å². The molecule has 3 heterocycles. The van der Waals surface area contributed by atoms with Crippen LogP contribution in [0.1, 0.15) is 38.7 Å². The van der Waals surface area contributed by atoms with Crippen LogP contribution >= 0.6 is 0 Å². The third-order valence-electron chi connectivity index (χ3n) is 11.2. The summed E-state index contributed by atoms with van der Waals surface area (Å²) in [5, 5.41) is 2.04. The molecule has 0 aliphatic rings. The molecule has 0 radical (unpaired) electrons. The molecule has 0 unspecified atom stereocenters. The Morgan fingerprint density at radius 3 is 2.16 bits per heavy atom. The van der Waals surface area contributed by atoms with Gasteiger partial charge in [-0.1, -0.05) is 166 Å². The van der Waals surface area contributed by atoms with Crippen LogP contribution in [0, 0.1) is 18.5 Å². The molecule has 0 aliphatic heterocycles. The van der Waals surface area contributed by atoms with Crippen molar-refractivity contribution >= 4 is 32.8 Å². The van der Waals surface area contributed by atoms with Gasteiger partial charge in [-0.2, -0.15) is 18.2 Å². The van der Waals surface area contributed by atoms with Gasteiger partial charge in [0.25, 0.3) is 6.33 Å². The molecule has 0 spiro atoms. The summed E-state index contributed by atoms with van der Waals surface area (Å²) in [7, 11) is 0. The topological polar surface area (TPSA) is 35.9 Å². The van der Waals surface area contributed by atoms with Crippen LogP contribution in [0.4, 0.5) is 0 Å². The fourth-order valence-electron chi connectivity index (χ4n) is 8.20. The minimum absolute atomic E-state index is 0. The number of aromatic nitrogens is 4. The number of pyridine rings is 1. The minimum atomic E-state index is -0.549. The normalized spacial score (nSPS) is 13.5. The molecule has 0 bridgehead atoms. The third kappa shape index (κ3) is 7.42. The van der Waals surface area contributed by atoms with E-state index in [1.54, 1.807) is 33.4 Å². The van der Waals surface area contributed by atoms with E-state index in [0.29, 0.717) is 33.8 Å². The molecule has 0 fully saturated rings. The number of hydrogen-bond donors (Lipinski definition) is 0. The first-order chi connectivity index (χ1) is 34.6. The van der Waals surface area contributed by atoms with Crippen LogP contribution in [-0.4, -0.2) is 14.1 Å². The van der Waals surface area contributed by atoms with Crippen LogP contribution in [0.2, 0.25) is 0 Å². The van der Waals surface area contributed by atoms with E-state index >= 15 is 0 Å². The maximum Gasteiger partial charge on any atom is 0.268 e. The van der Waals surface area contributed by atoms with Gasteiger partial charge in [0, 0.05) is 44.3 Å². The fourth-order valence-corrected chi connectivity index (χ4v) is 8.20. The van der Waals surface area contributed by atoms with Gasteiger partial charge in [0.15, 0.2) is 0 Å². The second kappa shape index (κ2) is 16.7. The van der Waals surface area contributed by atoms with E-state index in [2.05, 4.69) is 62.0 Å². The van der Waals surface area contributed by atoms with Crippen molar-refractivity contribution in [3.8, 4) is 62.1 Å². The van der Waals surface area contributed by atoms with Gasteiger partial charge in [-0.05, 0) is 79.7 Å². The van der Waals surface area contributed by atoms with Crippen LogP contribution in [0.3, 0.4) is 0 Å². The van der Waals surface area contributed by atoms with Crippen LogP contribution in [0.15, 0.2) is 200 Å².